The third-order valence-corrected chi connectivity index (χ3v) is 5.07. The van der Waals surface area contributed by atoms with E-state index >= 15 is 0 Å². The van der Waals surface area contributed by atoms with Crippen molar-refractivity contribution in [1.82, 2.24) is 0 Å². The lowest BCUT2D eigenvalue weighted by Crippen LogP contribution is -2.29. The van der Waals surface area contributed by atoms with E-state index in [0.29, 0.717) is 28.5 Å². The van der Waals surface area contributed by atoms with Gasteiger partial charge in [0.05, 0.1) is 0 Å². The highest BCUT2D eigenvalue weighted by molar-refractivity contribution is 6.30. The molecule has 2 aromatic carbocycles. The van der Waals surface area contributed by atoms with Crippen LogP contribution in [0.1, 0.15) is 29.6 Å². The molecular weight excluding hydrogens is 385 g/mol. The summed E-state index contributed by atoms with van der Waals surface area (Å²) in [6.45, 7) is 0.549. The van der Waals surface area contributed by atoms with Gasteiger partial charge < -0.3 is 16.4 Å². The minimum absolute atomic E-state index is 0. The zero-order valence-corrected chi connectivity index (χ0v) is 16.4. The number of rotatable bonds is 5. The van der Waals surface area contributed by atoms with Gasteiger partial charge in [0.25, 0.3) is 5.91 Å². The first-order valence-electron chi connectivity index (χ1n) is 8.74. The quantitative estimate of drug-likeness (QED) is 0.689. The second kappa shape index (κ2) is 9.74. The minimum Gasteiger partial charge on any atom is -0.330 e. The van der Waals surface area contributed by atoms with Crippen molar-refractivity contribution in [1.29, 1.82) is 0 Å². The van der Waals surface area contributed by atoms with E-state index in [1.54, 1.807) is 48.5 Å². The van der Waals surface area contributed by atoms with Crippen LogP contribution in [0.2, 0.25) is 5.02 Å². The lowest BCUT2D eigenvalue weighted by atomic mass is 9.95. The predicted octanol–water partition coefficient (Wildman–Crippen LogP) is 4.33. The van der Waals surface area contributed by atoms with Crippen LogP contribution in [-0.4, -0.2) is 18.4 Å². The van der Waals surface area contributed by atoms with Crippen LogP contribution in [0, 0.1) is 11.8 Å². The van der Waals surface area contributed by atoms with E-state index in [1.165, 1.54) is 0 Å². The number of hydrogen-bond donors (Lipinski definition) is 3. The van der Waals surface area contributed by atoms with E-state index in [2.05, 4.69) is 10.6 Å². The van der Waals surface area contributed by atoms with Gasteiger partial charge in [0.1, 0.15) is 0 Å². The van der Waals surface area contributed by atoms with E-state index in [0.717, 1.165) is 19.3 Å². The molecule has 0 aromatic heterocycles. The molecule has 0 saturated heterocycles. The van der Waals surface area contributed by atoms with Crippen LogP contribution >= 0.6 is 24.0 Å². The molecule has 1 aliphatic rings. The molecule has 0 spiro atoms. The van der Waals surface area contributed by atoms with Crippen molar-refractivity contribution in [2.24, 2.45) is 17.6 Å². The average Bonchev–Trinajstić information content (AvgIpc) is 3.13. The van der Waals surface area contributed by atoms with Gasteiger partial charge in [-0.2, -0.15) is 0 Å². The fraction of sp³-hybridized carbons (Fsp3) is 0.300. The van der Waals surface area contributed by atoms with E-state index in [1.807, 2.05) is 0 Å². The second-order valence-corrected chi connectivity index (χ2v) is 7.00. The van der Waals surface area contributed by atoms with Crippen molar-refractivity contribution in [2.45, 2.75) is 19.3 Å². The Balaban J connectivity index is 0.00000261. The summed E-state index contributed by atoms with van der Waals surface area (Å²) < 4.78 is 0. The summed E-state index contributed by atoms with van der Waals surface area (Å²) in [5, 5.41) is 6.35. The lowest BCUT2D eigenvalue weighted by Gasteiger charge is -2.17. The van der Waals surface area contributed by atoms with Gasteiger partial charge in [-0.3, -0.25) is 9.59 Å². The Labute approximate surface area is 170 Å². The van der Waals surface area contributed by atoms with Crippen LogP contribution in [0.15, 0.2) is 48.5 Å². The molecule has 0 bridgehead atoms. The van der Waals surface area contributed by atoms with Crippen LogP contribution in [0.3, 0.4) is 0 Å². The first kappa shape index (κ1) is 21.2. The molecule has 2 atom stereocenters. The van der Waals surface area contributed by atoms with Gasteiger partial charge in [-0.05, 0) is 73.8 Å². The summed E-state index contributed by atoms with van der Waals surface area (Å²) in [4.78, 5) is 24.6. The molecule has 27 heavy (non-hydrogen) atoms. The number of nitrogens with two attached hydrogens (primary N) is 1. The first-order valence-corrected chi connectivity index (χ1v) is 9.12. The second-order valence-electron chi connectivity index (χ2n) is 6.56. The van der Waals surface area contributed by atoms with E-state index in [9.17, 15) is 9.59 Å². The molecule has 1 saturated carbocycles. The summed E-state index contributed by atoms with van der Waals surface area (Å²) in [6, 6.07) is 13.8. The molecule has 3 rings (SSSR count). The van der Waals surface area contributed by atoms with Gasteiger partial charge >= 0.3 is 0 Å². The molecule has 2 aromatic rings. The third kappa shape index (κ3) is 5.45. The summed E-state index contributed by atoms with van der Waals surface area (Å²) in [6.07, 6.45) is 2.96. The van der Waals surface area contributed by atoms with Crippen molar-refractivity contribution in [2.75, 3.05) is 17.2 Å². The van der Waals surface area contributed by atoms with Crippen molar-refractivity contribution in [3.8, 4) is 0 Å². The highest BCUT2D eigenvalue weighted by Crippen LogP contribution is 2.32. The molecule has 7 heteroatoms. The molecular formula is C20H23Cl2N3O2. The van der Waals surface area contributed by atoms with Crippen LogP contribution in [0.5, 0.6) is 0 Å². The molecule has 1 aliphatic carbocycles. The highest BCUT2D eigenvalue weighted by Gasteiger charge is 2.31. The standard InChI is InChI=1S/C20H22ClN3O2.ClH/c21-15-6-4-13(5-7-15)19(25)23-16-8-10-17(11-9-16)24-20(26)18-3-1-2-14(18)12-22;/h4-11,14,18H,1-3,12,22H2,(H,23,25)(H,24,26);1H/t14-,18-;/m1./s1. The molecule has 0 unspecified atom stereocenters. The zero-order valence-electron chi connectivity index (χ0n) is 14.8. The summed E-state index contributed by atoms with van der Waals surface area (Å²) in [7, 11) is 0. The lowest BCUT2D eigenvalue weighted by molar-refractivity contribution is -0.120. The summed E-state index contributed by atoms with van der Waals surface area (Å²) in [5.41, 5.74) is 7.65. The molecule has 2 amide bonds. The maximum atomic E-state index is 12.4. The number of anilines is 2. The monoisotopic (exact) mass is 407 g/mol. The number of carbonyl (C=O) groups is 2. The molecule has 4 N–H and O–H groups in total. The summed E-state index contributed by atoms with van der Waals surface area (Å²) in [5.74, 6) is 0.0725. The number of benzene rings is 2. The number of hydrogen-bond acceptors (Lipinski definition) is 3. The molecule has 1 fully saturated rings. The Morgan fingerprint density at radius 1 is 0.963 bits per heavy atom. The Morgan fingerprint density at radius 3 is 2.15 bits per heavy atom. The Hall–Kier alpha value is -2.08. The topological polar surface area (TPSA) is 84.2 Å². The fourth-order valence-electron chi connectivity index (χ4n) is 3.34. The SMILES string of the molecule is Cl.NC[C@H]1CCC[C@H]1C(=O)Nc1ccc(NC(=O)c2ccc(Cl)cc2)cc1. The summed E-state index contributed by atoms with van der Waals surface area (Å²) >= 11 is 5.83. The first-order chi connectivity index (χ1) is 12.6. The van der Waals surface area contributed by atoms with Crippen molar-refractivity contribution in [3.63, 3.8) is 0 Å². The maximum absolute atomic E-state index is 12.4. The van der Waals surface area contributed by atoms with E-state index in [4.69, 9.17) is 17.3 Å². The van der Waals surface area contributed by atoms with Crippen LogP contribution in [0.25, 0.3) is 0 Å². The highest BCUT2D eigenvalue weighted by atomic mass is 35.5. The third-order valence-electron chi connectivity index (χ3n) is 4.82. The zero-order chi connectivity index (χ0) is 18.5. The van der Waals surface area contributed by atoms with Gasteiger partial charge in [0, 0.05) is 27.9 Å². The molecule has 0 heterocycles. The molecule has 0 aliphatic heterocycles. The van der Waals surface area contributed by atoms with Gasteiger partial charge in [-0.25, -0.2) is 0 Å². The Kier molecular flexibility index (Phi) is 7.66. The van der Waals surface area contributed by atoms with Gasteiger partial charge in [-0.15, -0.1) is 12.4 Å². The van der Waals surface area contributed by atoms with E-state index < -0.39 is 0 Å². The van der Waals surface area contributed by atoms with Crippen molar-refractivity contribution in [3.05, 3.63) is 59.1 Å². The van der Waals surface area contributed by atoms with Crippen molar-refractivity contribution < 1.29 is 9.59 Å². The average molecular weight is 408 g/mol. The maximum Gasteiger partial charge on any atom is 0.255 e. The largest absolute Gasteiger partial charge is 0.330 e. The fourth-order valence-corrected chi connectivity index (χ4v) is 3.47. The minimum atomic E-state index is -0.213. The van der Waals surface area contributed by atoms with Crippen LogP contribution in [0.4, 0.5) is 11.4 Å². The van der Waals surface area contributed by atoms with Gasteiger partial charge in [0.2, 0.25) is 5.91 Å². The van der Waals surface area contributed by atoms with Crippen LogP contribution < -0.4 is 16.4 Å². The Morgan fingerprint density at radius 2 is 1.56 bits per heavy atom. The van der Waals surface area contributed by atoms with Gasteiger partial charge in [-0.1, -0.05) is 18.0 Å². The Bertz CT molecular complexity index is 779. The predicted molar refractivity (Wildman–Crippen MR) is 112 cm³/mol. The van der Waals surface area contributed by atoms with E-state index in [-0.39, 0.29) is 36.1 Å². The van der Waals surface area contributed by atoms with Gasteiger partial charge in [0.15, 0.2) is 0 Å². The molecule has 144 valence electrons. The normalized spacial score (nSPS) is 18.4. The number of halogens is 2. The van der Waals surface area contributed by atoms with Crippen LogP contribution in [-0.2, 0) is 4.79 Å². The number of amides is 2. The number of nitrogens with one attached hydrogen (secondary N) is 2. The number of carbonyl (C=O) groups excluding carboxylic acids is 2. The molecule has 5 nitrogen and oxygen atoms in total. The smallest absolute Gasteiger partial charge is 0.255 e. The van der Waals surface area contributed by atoms with Crippen molar-refractivity contribution >= 4 is 47.2 Å². The molecule has 0 radical (unpaired) electrons.